The van der Waals surface area contributed by atoms with E-state index in [0.29, 0.717) is 40.7 Å². The lowest BCUT2D eigenvalue weighted by Crippen LogP contribution is -2.40. The number of nitrogen functional groups attached to an aromatic ring is 1. The molecule has 0 aliphatic carbocycles. The molecule has 6 nitrogen and oxygen atoms in total. The highest BCUT2D eigenvalue weighted by Gasteiger charge is 2.21. The molecule has 3 aromatic rings. The van der Waals surface area contributed by atoms with Gasteiger partial charge in [-0.3, -0.25) is 4.79 Å². The van der Waals surface area contributed by atoms with Gasteiger partial charge in [0.15, 0.2) is 0 Å². The maximum absolute atomic E-state index is 12.4. The van der Waals surface area contributed by atoms with Gasteiger partial charge in [-0.25, -0.2) is 4.79 Å². The van der Waals surface area contributed by atoms with E-state index in [-0.39, 0.29) is 5.91 Å². The average molecular weight is 462 g/mol. The number of rotatable bonds is 7. The van der Waals surface area contributed by atoms with Crippen LogP contribution in [-0.2, 0) is 4.79 Å². The van der Waals surface area contributed by atoms with E-state index in [0.717, 1.165) is 17.2 Å². The molecule has 0 aliphatic heterocycles. The third-order valence-corrected chi connectivity index (χ3v) is 5.27. The van der Waals surface area contributed by atoms with Gasteiger partial charge in [-0.15, -0.1) is 0 Å². The highest BCUT2D eigenvalue weighted by atomic mass is 35.5. The van der Waals surface area contributed by atoms with E-state index < -0.39 is 12.0 Å². The number of amides is 1. The van der Waals surface area contributed by atoms with Crippen LogP contribution in [0.4, 0.5) is 5.69 Å². The van der Waals surface area contributed by atoms with Crippen LogP contribution in [-0.4, -0.2) is 29.6 Å². The van der Waals surface area contributed by atoms with Crippen LogP contribution in [0.5, 0.6) is 0 Å². The molecule has 6 N–H and O–H groups in total. The van der Waals surface area contributed by atoms with E-state index >= 15 is 0 Å². The van der Waals surface area contributed by atoms with E-state index in [4.69, 9.17) is 34.7 Å². The number of nitrogens with one attached hydrogen (secondary N) is 1. The summed E-state index contributed by atoms with van der Waals surface area (Å²) in [6, 6.07) is 17.0. The number of aliphatic carboxylic acids is 1. The fraction of sp³-hybridized carbons (Fsp3) is 0.217. The van der Waals surface area contributed by atoms with Gasteiger partial charge in [-0.05, 0) is 60.8 Å². The smallest absolute Gasteiger partial charge is 0.326 e. The predicted octanol–water partition coefficient (Wildman–Crippen LogP) is 4.73. The number of benzene rings is 3. The number of halogens is 2. The number of nitrogens with two attached hydrogens (primary N) is 2. The largest absolute Gasteiger partial charge is 0.480 e. The molecule has 3 aromatic carbocycles. The Labute approximate surface area is 191 Å². The maximum atomic E-state index is 12.4. The molecule has 3 rings (SSSR count). The molecule has 0 bridgehead atoms. The van der Waals surface area contributed by atoms with Crippen LogP contribution in [0.2, 0.25) is 10.0 Å². The number of carboxylic acids is 1. The first kappa shape index (κ1) is 24.5. The summed E-state index contributed by atoms with van der Waals surface area (Å²) < 4.78 is 0. The molecule has 0 saturated carbocycles. The summed E-state index contributed by atoms with van der Waals surface area (Å²) >= 11 is 11.2. The number of carbonyl (C=O) groups excluding carboxylic acids is 1. The van der Waals surface area contributed by atoms with Crippen LogP contribution < -0.4 is 16.8 Å². The quantitative estimate of drug-likeness (QED) is 0.299. The Hall–Kier alpha value is -2.80. The maximum Gasteiger partial charge on any atom is 0.326 e. The second-order valence-corrected chi connectivity index (χ2v) is 7.66. The van der Waals surface area contributed by atoms with Crippen LogP contribution in [0.15, 0.2) is 60.7 Å². The average Bonchev–Trinajstić information content (AvgIpc) is 2.75. The van der Waals surface area contributed by atoms with Crippen LogP contribution >= 0.6 is 23.2 Å². The molecule has 0 radical (unpaired) electrons. The molecule has 0 aromatic heterocycles. The lowest BCUT2D eigenvalue weighted by atomic mass is 10.0. The number of anilines is 1. The monoisotopic (exact) mass is 461 g/mol. The lowest BCUT2D eigenvalue weighted by molar-refractivity contribution is -0.139. The number of unbranched alkanes of at least 4 members (excludes halogenated alkanes) is 1. The van der Waals surface area contributed by atoms with Gasteiger partial charge >= 0.3 is 5.97 Å². The molecular weight excluding hydrogens is 437 g/mol. The molecular formula is C23H25Cl2N3O3. The van der Waals surface area contributed by atoms with E-state index in [1.807, 2.05) is 30.3 Å². The Balaban J connectivity index is 0.000000316. The number of hydrogen-bond donors (Lipinski definition) is 4. The minimum atomic E-state index is -1.02. The molecule has 0 spiro atoms. The van der Waals surface area contributed by atoms with E-state index in [1.165, 1.54) is 0 Å². The van der Waals surface area contributed by atoms with Gasteiger partial charge in [0.1, 0.15) is 6.04 Å². The standard InChI is InChI=1S/C17H20N2O3.C6H5Cl2N/c18-11-4-3-10-15(17(21)22)19-16(20)14-9-5-7-12-6-1-2-8-13(12)14;7-5-2-1-4(9)3-6(5)8/h1-2,5-9,15H,3-4,10-11,18H2,(H,19,20)(H,21,22);1-3H,9H2/t15-;/m0./s1. The van der Waals surface area contributed by atoms with Gasteiger partial charge in [-0.1, -0.05) is 59.6 Å². The van der Waals surface area contributed by atoms with Gasteiger partial charge in [0, 0.05) is 11.3 Å². The van der Waals surface area contributed by atoms with Crippen molar-refractivity contribution in [1.29, 1.82) is 0 Å². The summed E-state index contributed by atoms with van der Waals surface area (Å²) in [5.74, 6) is -1.39. The summed E-state index contributed by atoms with van der Waals surface area (Å²) in [6.07, 6.45) is 1.79. The third kappa shape index (κ3) is 7.43. The zero-order valence-electron chi connectivity index (χ0n) is 16.9. The highest BCUT2D eigenvalue weighted by molar-refractivity contribution is 6.42. The molecule has 1 atom stereocenters. The first-order valence-electron chi connectivity index (χ1n) is 9.75. The normalized spacial score (nSPS) is 11.3. The summed E-state index contributed by atoms with van der Waals surface area (Å²) in [5.41, 5.74) is 11.9. The summed E-state index contributed by atoms with van der Waals surface area (Å²) in [4.78, 5) is 23.7. The molecule has 0 heterocycles. The van der Waals surface area contributed by atoms with Crippen molar-refractivity contribution in [2.45, 2.75) is 25.3 Å². The van der Waals surface area contributed by atoms with Crippen LogP contribution in [0.25, 0.3) is 10.8 Å². The minimum absolute atomic E-state index is 0.364. The predicted molar refractivity (Wildman–Crippen MR) is 127 cm³/mol. The van der Waals surface area contributed by atoms with Gasteiger partial charge in [0.2, 0.25) is 0 Å². The van der Waals surface area contributed by atoms with Gasteiger partial charge in [-0.2, -0.15) is 0 Å². The molecule has 0 fully saturated rings. The van der Waals surface area contributed by atoms with Crippen molar-refractivity contribution in [3.8, 4) is 0 Å². The first-order valence-corrected chi connectivity index (χ1v) is 10.5. The van der Waals surface area contributed by atoms with Crippen molar-refractivity contribution < 1.29 is 14.7 Å². The minimum Gasteiger partial charge on any atom is -0.480 e. The van der Waals surface area contributed by atoms with Crippen LogP contribution in [0, 0.1) is 0 Å². The summed E-state index contributed by atoms with van der Waals surface area (Å²) in [5, 5.41) is 14.6. The number of carbonyl (C=O) groups is 2. The van der Waals surface area contributed by atoms with Crippen LogP contribution in [0.3, 0.4) is 0 Å². The van der Waals surface area contributed by atoms with Crippen molar-refractivity contribution >= 4 is 51.5 Å². The van der Waals surface area contributed by atoms with E-state index in [2.05, 4.69) is 5.32 Å². The lowest BCUT2D eigenvalue weighted by Gasteiger charge is -2.15. The van der Waals surface area contributed by atoms with Gasteiger partial charge < -0.3 is 21.9 Å². The fourth-order valence-electron chi connectivity index (χ4n) is 2.92. The van der Waals surface area contributed by atoms with E-state index in [1.54, 1.807) is 30.3 Å². The molecule has 0 saturated heterocycles. The van der Waals surface area contributed by atoms with Gasteiger partial charge in [0.25, 0.3) is 5.91 Å². The van der Waals surface area contributed by atoms with Crippen molar-refractivity contribution in [2.24, 2.45) is 5.73 Å². The zero-order chi connectivity index (χ0) is 22.8. The van der Waals surface area contributed by atoms with Crippen molar-refractivity contribution in [2.75, 3.05) is 12.3 Å². The molecule has 0 unspecified atom stereocenters. The van der Waals surface area contributed by atoms with Crippen LogP contribution in [0.1, 0.15) is 29.6 Å². The second kappa shape index (κ2) is 12.2. The molecule has 0 aliphatic rings. The topological polar surface area (TPSA) is 118 Å². The Morgan fingerprint density at radius 3 is 2.32 bits per heavy atom. The Morgan fingerprint density at radius 2 is 1.68 bits per heavy atom. The highest BCUT2D eigenvalue weighted by Crippen LogP contribution is 2.23. The number of hydrogen-bond acceptors (Lipinski definition) is 4. The second-order valence-electron chi connectivity index (χ2n) is 6.85. The summed E-state index contributed by atoms with van der Waals surface area (Å²) in [7, 11) is 0. The van der Waals surface area contributed by atoms with Crippen molar-refractivity contribution in [3.05, 3.63) is 76.3 Å². The molecule has 31 heavy (non-hydrogen) atoms. The molecule has 164 valence electrons. The van der Waals surface area contributed by atoms with Crippen molar-refractivity contribution in [1.82, 2.24) is 5.32 Å². The first-order chi connectivity index (χ1) is 14.8. The third-order valence-electron chi connectivity index (χ3n) is 4.53. The molecule has 8 heteroatoms. The molecule has 1 amide bonds. The number of carboxylic acid groups (broad SMARTS) is 1. The zero-order valence-corrected chi connectivity index (χ0v) is 18.4. The summed E-state index contributed by atoms with van der Waals surface area (Å²) in [6.45, 7) is 0.517. The Bertz CT molecular complexity index is 1040. The fourth-order valence-corrected chi connectivity index (χ4v) is 3.23. The van der Waals surface area contributed by atoms with Gasteiger partial charge in [0.05, 0.1) is 10.0 Å². The Kier molecular flexibility index (Phi) is 9.59. The number of fused-ring (bicyclic) bond motifs is 1. The SMILES string of the molecule is NCCCC[C@H](NC(=O)c1cccc2ccccc12)C(=O)O.Nc1ccc(Cl)c(Cl)c1. The van der Waals surface area contributed by atoms with Crippen molar-refractivity contribution in [3.63, 3.8) is 0 Å². The van der Waals surface area contributed by atoms with E-state index in [9.17, 15) is 14.7 Å². The Morgan fingerprint density at radius 1 is 0.968 bits per heavy atom.